The zero-order chi connectivity index (χ0) is 16.0. The van der Waals surface area contributed by atoms with Gasteiger partial charge in [-0.3, -0.25) is 14.5 Å². The van der Waals surface area contributed by atoms with E-state index < -0.39 is 0 Å². The first-order chi connectivity index (χ1) is 11.1. The standard InChI is InChI=1S/C14H14N6O3/c21-12-6-15-14(23)20(12)9-3-4-19(7-9)13(22)8-1-2-10-11(5-8)17-18-16-10/h1-2,5,9H,3-4,6-7H2,(H,15,23)(H,16,17,18). The van der Waals surface area contributed by atoms with E-state index in [0.29, 0.717) is 36.1 Å². The predicted molar refractivity (Wildman–Crippen MR) is 78.4 cm³/mol. The molecule has 0 aliphatic carbocycles. The number of nitrogens with zero attached hydrogens (tertiary/aromatic N) is 4. The fraction of sp³-hybridized carbons (Fsp3) is 0.357. The zero-order valence-electron chi connectivity index (χ0n) is 12.2. The number of hydrogen-bond donors (Lipinski definition) is 2. The minimum Gasteiger partial charge on any atom is -0.336 e. The van der Waals surface area contributed by atoms with Crippen LogP contribution < -0.4 is 5.32 Å². The van der Waals surface area contributed by atoms with Gasteiger partial charge >= 0.3 is 6.03 Å². The van der Waals surface area contributed by atoms with Crippen LogP contribution >= 0.6 is 0 Å². The summed E-state index contributed by atoms with van der Waals surface area (Å²) in [5.74, 6) is -0.372. The maximum absolute atomic E-state index is 12.6. The maximum Gasteiger partial charge on any atom is 0.324 e. The molecule has 9 nitrogen and oxygen atoms in total. The van der Waals surface area contributed by atoms with Crippen LogP contribution in [0.3, 0.4) is 0 Å². The molecule has 1 aromatic carbocycles. The van der Waals surface area contributed by atoms with E-state index in [1.54, 1.807) is 23.1 Å². The van der Waals surface area contributed by atoms with Crippen molar-refractivity contribution >= 4 is 28.9 Å². The third-order valence-electron chi connectivity index (χ3n) is 4.26. The number of fused-ring (bicyclic) bond motifs is 1. The van der Waals surface area contributed by atoms with E-state index in [1.807, 2.05) is 0 Å². The highest BCUT2D eigenvalue weighted by Crippen LogP contribution is 2.21. The van der Waals surface area contributed by atoms with Gasteiger partial charge in [0.1, 0.15) is 11.0 Å². The number of rotatable bonds is 2. The molecule has 3 heterocycles. The highest BCUT2D eigenvalue weighted by atomic mass is 16.2. The lowest BCUT2D eigenvalue weighted by Crippen LogP contribution is -2.42. The van der Waals surface area contributed by atoms with Crippen LogP contribution in [-0.4, -0.2) is 68.7 Å². The number of H-pyrrole nitrogens is 1. The number of hydrogen-bond acceptors (Lipinski definition) is 5. The average Bonchev–Trinajstić information content (AvgIpc) is 3.26. The molecule has 4 amide bonds. The number of imide groups is 1. The topological polar surface area (TPSA) is 111 Å². The number of nitrogens with one attached hydrogen (secondary N) is 2. The molecule has 2 aliphatic rings. The minimum absolute atomic E-state index is 0.0338. The number of carbonyl (C=O) groups is 3. The molecule has 23 heavy (non-hydrogen) atoms. The molecule has 2 N–H and O–H groups in total. The number of urea groups is 1. The van der Waals surface area contributed by atoms with Gasteiger partial charge in [0.05, 0.1) is 12.6 Å². The van der Waals surface area contributed by atoms with E-state index >= 15 is 0 Å². The van der Waals surface area contributed by atoms with Gasteiger partial charge in [0.2, 0.25) is 5.91 Å². The first-order valence-corrected chi connectivity index (χ1v) is 7.33. The predicted octanol–water partition coefficient (Wildman–Crippen LogP) is -0.276. The van der Waals surface area contributed by atoms with Crippen molar-refractivity contribution in [2.45, 2.75) is 12.5 Å². The second-order valence-corrected chi connectivity index (χ2v) is 5.64. The van der Waals surface area contributed by atoms with Crippen molar-refractivity contribution in [1.82, 2.24) is 30.5 Å². The quantitative estimate of drug-likeness (QED) is 0.741. The van der Waals surface area contributed by atoms with Crippen LogP contribution in [0.25, 0.3) is 11.0 Å². The van der Waals surface area contributed by atoms with Gasteiger partial charge in [0.25, 0.3) is 5.91 Å². The average molecular weight is 314 g/mol. The van der Waals surface area contributed by atoms with Crippen LogP contribution in [0.4, 0.5) is 4.79 Å². The SMILES string of the molecule is O=C(c1ccc2n[nH]nc2c1)N1CCC(N2C(=O)CNC2=O)C1. The summed E-state index contributed by atoms with van der Waals surface area (Å²) >= 11 is 0. The molecule has 118 valence electrons. The third kappa shape index (κ3) is 2.20. The molecule has 0 saturated carbocycles. The van der Waals surface area contributed by atoms with E-state index in [4.69, 9.17) is 0 Å². The molecule has 9 heteroatoms. The number of benzene rings is 1. The molecule has 4 rings (SSSR count). The van der Waals surface area contributed by atoms with Crippen molar-refractivity contribution in [2.24, 2.45) is 0 Å². The fourth-order valence-corrected chi connectivity index (χ4v) is 3.10. The normalized spacial score (nSPS) is 21.3. The van der Waals surface area contributed by atoms with Crippen molar-refractivity contribution in [3.05, 3.63) is 23.8 Å². The van der Waals surface area contributed by atoms with E-state index in [2.05, 4.69) is 20.7 Å². The van der Waals surface area contributed by atoms with E-state index in [9.17, 15) is 14.4 Å². The highest BCUT2D eigenvalue weighted by molar-refractivity contribution is 6.02. The van der Waals surface area contributed by atoms with Crippen molar-refractivity contribution in [3.8, 4) is 0 Å². The van der Waals surface area contributed by atoms with Gasteiger partial charge < -0.3 is 10.2 Å². The van der Waals surface area contributed by atoms with E-state index in [-0.39, 0.29) is 30.4 Å². The molecule has 0 spiro atoms. The summed E-state index contributed by atoms with van der Waals surface area (Å²) in [5, 5.41) is 12.9. The van der Waals surface area contributed by atoms with Crippen LogP contribution in [0, 0.1) is 0 Å². The molecule has 2 saturated heterocycles. The lowest BCUT2D eigenvalue weighted by atomic mass is 10.2. The lowest BCUT2D eigenvalue weighted by molar-refractivity contribution is -0.126. The molecule has 0 radical (unpaired) electrons. The summed E-state index contributed by atoms with van der Waals surface area (Å²) in [6.07, 6.45) is 0.594. The number of aromatic amines is 1. The van der Waals surface area contributed by atoms with Gasteiger partial charge in [-0.25, -0.2) is 4.79 Å². The first-order valence-electron chi connectivity index (χ1n) is 7.33. The Morgan fingerprint density at radius 1 is 1.22 bits per heavy atom. The summed E-state index contributed by atoms with van der Waals surface area (Å²) in [6.45, 7) is 0.901. The smallest absolute Gasteiger partial charge is 0.324 e. The lowest BCUT2D eigenvalue weighted by Gasteiger charge is -2.21. The molecule has 1 atom stereocenters. The van der Waals surface area contributed by atoms with Crippen molar-refractivity contribution < 1.29 is 14.4 Å². The van der Waals surface area contributed by atoms with Gasteiger partial charge in [-0.05, 0) is 24.6 Å². The van der Waals surface area contributed by atoms with Crippen molar-refractivity contribution in [3.63, 3.8) is 0 Å². The third-order valence-corrected chi connectivity index (χ3v) is 4.26. The Morgan fingerprint density at radius 2 is 2.04 bits per heavy atom. The fourth-order valence-electron chi connectivity index (χ4n) is 3.10. The number of carbonyl (C=O) groups excluding carboxylic acids is 3. The summed E-state index contributed by atoms with van der Waals surface area (Å²) in [7, 11) is 0. The summed E-state index contributed by atoms with van der Waals surface area (Å²) in [6, 6.07) is 4.48. The zero-order valence-corrected chi connectivity index (χ0v) is 12.2. The van der Waals surface area contributed by atoms with Crippen molar-refractivity contribution in [1.29, 1.82) is 0 Å². The summed E-state index contributed by atoms with van der Waals surface area (Å²) in [4.78, 5) is 38.9. The number of amides is 4. The number of likely N-dealkylation sites (tertiary alicyclic amines) is 1. The van der Waals surface area contributed by atoms with Gasteiger partial charge in [0.15, 0.2) is 0 Å². The Kier molecular flexibility index (Phi) is 3.00. The van der Waals surface area contributed by atoms with Crippen LogP contribution in [0.5, 0.6) is 0 Å². The minimum atomic E-state index is -0.377. The van der Waals surface area contributed by atoms with Crippen LogP contribution in [0.15, 0.2) is 18.2 Å². The Balaban J connectivity index is 1.51. The summed E-state index contributed by atoms with van der Waals surface area (Å²) < 4.78 is 0. The maximum atomic E-state index is 12.6. The summed E-state index contributed by atoms with van der Waals surface area (Å²) in [5.41, 5.74) is 1.84. The van der Waals surface area contributed by atoms with Crippen molar-refractivity contribution in [2.75, 3.05) is 19.6 Å². The van der Waals surface area contributed by atoms with Crippen LogP contribution in [0.2, 0.25) is 0 Å². The Morgan fingerprint density at radius 3 is 2.83 bits per heavy atom. The molecule has 2 aromatic rings. The van der Waals surface area contributed by atoms with Gasteiger partial charge in [-0.1, -0.05) is 0 Å². The Labute approximate surface area is 130 Å². The van der Waals surface area contributed by atoms with Gasteiger partial charge in [-0.15, -0.1) is 0 Å². The molecule has 2 fully saturated rings. The molecule has 1 unspecified atom stereocenters. The highest BCUT2D eigenvalue weighted by Gasteiger charge is 2.39. The molecule has 2 aliphatic heterocycles. The van der Waals surface area contributed by atoms with Gasteiger partial charge in [-0.2, -0.15) is 15.4 Å². The molecule has 0 bridgehead atoms. The van der Waals surface area contributed by atoms with Crippen LogP contribution in [0.1, 0.15) is 16.8 Å². The second-order valence-electron chi connectivity index (χ2n) is 5.64. The van der Waals surface area contributed by atoms with Gasteiger partial charge in [0, 0.05) is 18.7 Å². The first kappa shape index (κ1) is 13.7. The Hall–Kier alpha value is -2.97. The Bertz CT molecular complexity index is 800. The van der Waals surface area contributed by atoms with Crippen LogP contribution in [-0.2, 0) is 4.79 Å². The largest absolute Gasteiger partial charge is 0.336 e. The molecular weight excluding hydrogens is 300 g/mol. The monoisotopic (exact) mass is 314 g/mol. The second kappa shape index (κ2) is 5.04. The van der Waals surface area contributed by atoms with E-state index in [0.717, 1.165) is 0 Å². The molecular formula is C14H14N6O3. The molecule has 1 aromatic heterocycles. The number of aromatic nitrogens is 3. The van der Waals surface area contributed by atoms with E-state index in [1.165, 1.54) is 4.90 Å².